The molecule has 1 aromatic carbocycles. The van der Waals surface area contributed by atoms with Crippen LogP contribution in [0.4, 0.5) is 4.79 Å². The topological polar surface area (TPSA) is 80.7 Å². The predicted octanol–water partition coefficient (Wildman–Crippen LogP) is 2.77. The lowest BCUT2D eigenvalue weighted by atomic mass is 10.00. The average Bonchev–Trinajstić information content (AvgIpc) is 2.86. The SMILES string of the molecule is C#C[C@@H]1C[C@H](OS(=O)(=O)c2ccc(C)cc2)C[N+]1(C(=O)O)C(C)(C)C. The molecule has 1 saturated heterocycles. The van der Waals surface area contributed by atoms with Gasteiger partial charge in [-0.15, -0.1) is 6.42 Å². The molecule has 0 aromatic heterocycles. The van der Waals surface area contributed by atoms with Gasteiger partial charge in [-0.2, -0.15) is 13.2 Å². The zero-order chi connectivity index (χ0) is 19.0. The molecule has 1 aromatic rings. The molecule has 0 aliphatic carbocycles. The average molecular weight is 366 g/mol. The Kier molecular flexibility index (Phi) is 5.01. The maximum atomic E-state index is 12.5. The van der Waals surface area contributed by atoms with Crippen LogP contribution in [0, 0.1) is 19.3 Å². The number of quaternary nitrogens is 1. The Morgan fingerprint density at radius 3 is 2.28 bits per heavy atom. The largest absolute Gasteiger partial charge is 0.515 e. The van der Waals surface area contributed by atoms with Crippen molar-refractivity contribution in [2.45, 2.75) is 56.7 Å². The Balaban J connectivity index is 2.33. The molecule has 1 heterocycles. The van der Waals surface area contributed by atoms with Crippen LogP contribution in [0.1, 0.15) is 32.8 Å². The number of hydrogen-bond acceptors (Lipinski definition) is 4. The molecule has 2 rings (SSSR count). The molecule has 1 aliphatic heterocycles. The van der Waals surface area contributed by atoms with Gasteiger partial charge in [0.1, 0.15) is 18.2 Å². The number of terminal acetylenes is 1. The molecule has 1 aliphatic rings. The first-order valence-electron chi connectivity index (χ1n) is 8.01. The molecule has 0 bridgehead atoms. The highest BCUT2D eigenvalue weighted by atomic mass is 32.2. The lowest BCUT2D eigenvalue weighted by Crippen LogP contribution is -2.65. The molecule has 1 fully saturated rings. The summed E-state index contributed by atoms with van der Waals surface area (Å²) in [5.74, 6) is 2.52. The van der Waals surface area contributed by atoms with Gasteiger partial charge in [-0.25, -0.2) is 4.48 Å². The van der Waals surface area contributed by atoms with Crippen molar-refractivity contribution in [2.24, 2.45) is 0 Å². The van der Waals surface area contributed by atoms with Crippen molar-refractivity contribution in [1.29, 1.82) is 0 Å². The van der Waals surface area contributed by atoms with Crippen LogP contribution in [-0.4, -0.2) is 48.3 Å². The summed E-state index contributed by atoms with van der Waals surface area (Å²) < 4.78 is 29.9. The number of carbonyl (C=O) groups is 1. The lowest BCUT2D eigenvalue weighted by molar-refractivity contribution is -0.908. The minimum atomic E-state index is -3.99. The molecule has 1 unspecified atom stereocenters. The molecule has 25 heavy (non-hydrogen) atoms. The van der Waals surface area contributed by atoms with Crippen LogP contribution >= 0.6 is 0 Å². The van der Waals surface area contributed by atoms with Crippen LogP contribution in [0.5, 0.6) is 0 Å². The highest BCUT2D eigenvalue weighted by Gasteiger charge is 2.60. The summed E-state index contributed by atoms with van der Waals surface area (Å²) in [6, 6.07) is 5.66. The molecule has 7 heteroatoms. The summed E-state index contributed by atoms with van der Waals surface area (Å²) in [5, 5.41) is 9.84. The van der Waals surface area contributed by atoms with Gasteiger partial charge in [0, 0.05) is 6.42 Å². The number of carboxylic acid groups (broad SMARTS) is 1. The smallest absolute Gasteiger partial charge is 0.435 e. The van der Waals surface area contributed by atoms with E-state index >= 15 is 0 Å². The Labute approximate surface area is 149 Å². The van der Waals surface area contributed by atoms with Gasteiger partial charge in [0.2, 0.25) is 0 Å². The second-order valence-corrected chi connectivity index (χ2v) is 8.98. The van der Waals surface area contributed by atoms with E-state index < -0.39 is 38.4 Å². The van der Waals surface area contributed by atoms with Gasteiger partial charge >= 0.3 is 6.09 Å². The van der Waals surface area contributed by atoms with E-state index in [0.29, 0.717) is 0 Å². The van der Waals surface area contributed by atoms with Gasteiger partial charge in [0.25, 0.3) is 10.1 Å². The molecule has 6 nitrogen and oxygen atoms in total. The number of aryl methyl sites for hydroxylation is 1. The molecular formula is C18H24NO5S+. The van der Waals surface area contributed by atoms with E-state index in [1.165, 1.54) is 12.1 Å². The summed E-state index contributed by atoms with van der Waals surface area (Å²) in [4.78, 5) is 12.1. The first-order chi connectivity index (χ1) is 11.4. The van der Waals surface area contributed by atoms with Crippen molar-refractivity contribution in [1.82, 2.24) is 0 Å². The second kappa shape index (κ2) is 6.45. The molecule has 3 atom stereocenters. The fraction of sp³-hybridized carbons (Fsp3) is 0.500. The molecule has 1 amide bonds. The fourth-order valence-electron chi connectivity index (χ4n) is 3.40. The summed E-state index contributed by atoms with van der Waals surface area (Å²) >= 11 is 0. The minimum Gasteiger partial charge on any atom is -0.435 e. The minimum absolute atomic E-state index is 0.00120. The van der Waals surface area contributed by atoms with E-state index in [2.05, 4.69) is 5.92 Å². The number of amides is 1. The van der Waals surface area contributed by atoms with E-state index in [-0.39, 0.29) is 17.9 Å². The summed E-state index contributed by atoms with van der Waals surface area (Å²) in [7, 11) is -3.99. The third-order valence-corrected chi connectivity index (χ3v) is 6.19. The first kappa shape index (κ1) is 19.4. The van der Waals surface area contributed by atoms with Crippen molar-refractivity contribution in [3.63, 3.8) is 0 Å². The summed E-state index contributed by atoms with van der Waals surface area (Å²) in [6.45, 7) is 7.19. The molecular weight excluding hydrogens is 342 g/mol. The van der Waals surface area contributed by atoms with Crippen molar-refractivity contribution < 1.29 is 27.0 Å². The third-order valence-electron chi connectivity index (χ3n) is 4.81. The van der Waals surface area contributed by atoms with Crippen LogP contribution in [0.15, 0.2) is 29.2 Å². The number of rotatable bonds is 3. The van der Waals surface area contributed by atoms with Gasteiger partial charge in [-0.05, 0) is 45.7 Å². The fourth-order valence-corrected chi connectivity index (χ4v) is 4.47. The quantitative estimate of drug-likeness (QED) is 0.505. The van der Waals surface area contributed by atoms with Crippen LogP contribution in [-0.2, 0) is 14.3 Å². The monoisotopic (exact) mass is 366 g/mol. The van der Waals surface area contributed by atoms with Crippen molar-refractivity contribution in [3.8, 4) is 12.3 Å². The van der Waals surface area contributed by atoms with E-state index in [0.717, 1.165) is 5.56 Å². The van der Waals surface area contributed by atoms with Gasteiger partial charge in [0.15, 0.2) is 6.04 Å². The predicted molar refractivity (Wildman–Crippen MR) is 93.4 cm³/mol. The number of benzene rings is 1. The molecule has 136 valence electrons. The summed E-state index contributed by atoms with van der Waals surface area (Å²) in [6.07, 6.45) is 3.87. The van der Waals surface area contributed by atoms with Crippen molar-refractivity contribution >= 4 is 16.2 Å². The zero-order valence-corrected chi connectivity index (χ0v) is 15.7. The van der Waals surface area contributed by atoms with Gasteiger partial charge in [-0.3, -0.25) is 4.18 Å². The lowest BCUT2D eigenvalue weighted by Gasteiger charge is -2.42. The van der Waals surface area contributed by atoms with Crippen LogP contribution in [0.3, 0.4) is 0 Å². The highest BCUT2D eigenvalue weighted by molar-refractivity contribution is 7.86. The number of hydrogen-bond donors (Lipinski definition) is 1. The normalized spacial score (nSPS) is 27.0. The van der Waals surface area contributed by atoms with Gasteiger partial charge in [-0.1, -0.05) is 17.7 Å². The maximum absolute atomic E-state index is 12.5. The molecule has 1 N–H and O–H groups in total. The number of nitrogens with zero attached hydrogens (tertiary/aromatic N) is 1. The maximum Gasteiger partial charge on any atom is 0.515 e. The molecule has 0 radical (unpaired) electrons. The summed E-state index contributed by atoms with van der Waals surface area (Å²) in [5.41, 5.74) is 0.232. The van der Waals surface area contributed by atoms with E-state index in [4.69, 9.17) is 10.6 Å². The first-order valence-corrected chi connectivity index (χ1v) is 9.42. The van der Waals surface area contributed by atoms with Crippen LogP contribution in [0.25, 0.3) is 0 Å². The van der Waals surface area contributed by atoms with Crippen molar-refractivity contribution in [2.75, 3.05) is 6.54 Å². The Hall–Kier alpha value is -1.88. The Morgan fingerprint density at radius 2 is 1.88 bits per heavy atom. The Bertz CT molecular complexity index is 801. The van der Waals surface area contributed by atoms with E-state index in [1.807, 2.05) is 6.92 Å². The van der Waals surface area contributed by atoms with Gasteiger partial charge < -0.3 is 5.11 Å². The van der Waals surface area contributed by atoms with E-state index in [1.54, 1.807) is 32.9 Å². The Morgan fingerprint density at radius 1 is 1.32 bits per heavy atom. The van der Waals surface area contributed by atoms with Crippen molar-refractivity contribution in [3.05, 3.63) is 29.8 Å². The standard InChI is InChI=1S/C18H23NO5S/c1-6-14-11-15(12-19(14,17(20)21)18(3,4)5)24-25(22,23)16-9-7-13(2)8-10-16/h1,7-10,14-15H,11-12H2,2-5H3/p+1/t14-,15+,19?/m1/s1. The van der Waals surface area contributed by atoms with E-state index in [9.17, 15) is 18.3 Å². The van der Waals surface area contributed by atoms with Crippen LogP contribution < -0.4 is 0 Å². The van der Waals surface area contributed by atoms with Gasteiger partial charge in [0.05, 0.1) is 4.90 Å². The molecule has 0 saturated carbocycles. The highest BCUT2D eigenvalue weighted by Crippen LogP contribution is 2.38. The van der Waals surface area contributed by atoms with Crippen LogP contribution in [0.2, 0.25) is 0 Å². The zero-order valence-electron chi connectivity index (χ0n) is 14.9. The second-order valence-electron chi connectivity index (χ2n) is 7.41. The molecule has 0 spiro atoms. The third kappa shape index (κ3) is 3.43. The number of likely N-dealkylation sites (tertiary alicyclic amines) is 1.